The third-order valence-electron chi connectivity index (χ3n) is 4.85. The van der Waals surface area contributed by atoms with Crippen LogP contribution in [-0.2, 0) is 11.2 Å². The monoisotopic (exact) mass is 447 g/mol. The lowest BCUT2D eigenvalue weighted by Gasteiger charge is -2.15. The highest BCUT2D eigenvalue weighted by atomic mass is 35.5. The van der Waals surface area contributed by atoms with E-state index in [1.165, 1.54) is 0 Å². The van der Waals surface area contributed by atoms with Crippen molar-refractivity contribution >= 4 is 17.5 Å². The van der Waals surface area contributed by atoms with E-state index in [0.29, 0.717) is 28.9 Å². The Hall–Kier alpha value is -3.64. The second kappa shape index (κ2) is 10.1. The highest BCUT2D eigenvalue weighted by molar-refractivity contribution is 6.30. The lowest BCUT2D eigenvalue weighted by molar-refractivity contribution is -0.124. The van der Waals surface area contributed by atoms with Crippen molar-refractivity contribution in [2.75, 3.05) is 6.61 Å². The van der Waals surface area contributed by atoms with E-state index < -0.39 is 6.04 Å². The number of amides is 1. The maximum Gasteiger partial charge on any atom is 0.258 e. The molecule has 0 aliphatic carbocycles. The largest absolute Gasteiger partial charge is 0.484 e. The van der Waals surface area contributed by atoms with Gasteiger partial charge in [-0.15, -0.1) is 0 Å². The van der Waals surface area contributed by atoms with Crippen molar-refractivity contribution in [2.45, 2.75) is 19.4 Å². The van der Waals surface area contributed by atoms with Crippen LogP contribution in [0.3, 0.4) is 0 Å². The molecule has 0 unspecified atom stereocenters. The first-order valence-corrected chi connectivity index (χ1v) is 10.6. The number of aromatic nitrogens is 2. The van der Waals surface area contributed by atoms with E-state index in [-0.39, 0.29) is 12.5 Å². The molecule has 0 spiro atoms. The Balaban J connectivity index is 1.49. The van der Waals surface area contributed by atoms with Crippen LogP contribution < -0.4 is 10.1 Å². The summed E-state index contributed by atoms with van der Waals surface area (Å²) in [5.41, 5.74) is 3.03. The summed E-state index contributed by atoms with van der Waals surface area (Å²) in [4.78, 5) is 17.2. The molecule has 32 heavy (non-hydrogen) atoms. The minimum Gasteiger partial charge on any atom is -0.484 e. The van der Waals surface area contributed by atoms with Crippen molar-refractivity contribution in [1.82, 2.24) is 15.5 Å². The summed E-state index contributed by atoms with van der Waals surface area (Å²) in [7, 11) is 0. The predicted octanol–water partition coefficient (Wildman–Crippen LogP) is 5.18. The lowest BCUT2D eigenvalue weighted by Crippen LogP contribution is -2.34. The molecule has 1 heterocycles. The SMILES string of the molecule is Cc1ccc(-c2noc([C@H](Cc3ccccc3)NC(=O)COc3ccc(Cl)cc3)n2)cc1. The van der Waals surface area contributed by atoms with Crippen LogP contribution in [0.15, 0.2) is 83.4 Å². The summed E-state index contributed by atoms with van der Waals surface area (Å²) in [6, 6.07) is 24.0. The Morgan fingerprint density at radius 3 is 2.47 bits per heavy atom. The summed E-state index contributed by atoms with van der Waals surface area (Å²) >= 11 is 5.88. The number of nitrogens with zero attached hydrogens (tertiary/aromatic N) is 2. The van der Waals surface area contributed by atoms with Gasteiger partial charge in [0.2, 0.25) is 11.7 Å². The van der Waals surface area contributed by atoms with Crippen LogP contribution in [0, 0.1) is 6.92 Å². The number of ether oxygens (including phenoxy) is 1. The van der Waals surface area contributed by atoms with Gasteiger partial charge in [-0.1, -0.05) is 76.9 Å². The first kappa shape index (κ1) is 21.6. The summed E-state index contributed by atoms with van der Waals surface area (Å²) < 4.78 is 11.1. The molecular weight excluding hydrogens is 426 g/mol. The van der Waals surface area contributed by atoms with Crippen LogP contribution in [0.4, 0.5) is 0 Å². The fraction of sp³-hybridized carbons (Fsp3) is 0.160. The smallest absolute Gasteiger partial charge is 0.258 e. The minimum absolute atomic E-state index is 0.147. The van der Waals surface area contributed by atoms with Crippen molar-refractivity contribution in [2.24, 2.45) is 0 Å². The molecule has 0 saturated carbocycles. The number of hydrogen-bond donors (Lipinski definition) is 1. The van der Waals surface area contributed by atoms with E-state index in [1.807, 2.05) is 61.5 Å². The zero-order valence-corrected chi connectivity index (χ0v) is 18.3. The van der Waals surface area contributed by atoms with Crippen molar-refractivity contribution in [3.05, 3.63) is 101 Å². The summed E-state index contributed by atoms with van der Waals surface area (Å²) in [5.74, 6) is 1.08. The highest BCUT2D eigenvalue weighted by Crippen LogP contribution is 2.22. The van der Waals surface area contributed by atoms with Crippen molar-refractivity contribution in [3.63, 3.8) is 0 Å². The molecular formula is C25H22ClN3O3. The quantitative estimate of drug-likeness (QED) is 0.403. The van der Waals surface area contributed by atoms with E-state index in [4.69, 9.17) is 20.9 Å². The fourth-order valence-electron chi connectivity index (χ4n) is 3.16. The van der Waals surface area contributed by atoms with E-state index >= 15 is 0 Å². The van der Waals surface area contributed by atoms with Gasteiger partial charge in [0.25, 0.3) is 5.91 Å². The lowest BCUT2D eigenvalue weighted by atomic mass is 10.1. The molecule has 1 amide bonds. The van der Waals surface area contributed by atoms with Crippen LogP contribution in [0.25, 0.3) is 11.4 Å². The Kier molecular flexibility index (Phi) is 6.82. The second-order valence-electron chi connectivity index (χ2n) is 7.37. The first-order chi connectivity index (χ1) is 15.6. The molecule has 0 aliphatic heterocycles. The second-order valence-corrected chi connectivity index (χ2v) is 7.81. The minimum atomic E-state index is -0.495. The van der Waals surface area contributed by atoms with Gasteiger partial charge in [0, 0.05) is 17.0 Å². The maximum absolute atomic E-state index is 12.6. The van der Waals surface area contributed by atoms with Crippen molar-refractivity contribution < 1.29 is 14.1 Å². The molecule has 3 aromatic carbocycles. The van der Waals surface area contributed by atoms with Gasteiger partial charge in [-0.2, -0.15) is 4.98 Å². The predicted molar refractivity (Wildman–Crippen MR) is 122 cm³/mol. The number of nitrogens with one attached hydrogen (secondary N) is 1. The molecule has 0 saturated heterocycles. The molecule has 1 N–H and O–H groups in total. The normalized spacial score (nSPS) is 11.7. The van der Waals surface area contributed by atoms with Crippen LogP contribution in [0.2, 0.25) is 5.02 Å². The van der Waals surface area contributed by atoms with Crippen molar-refractivity contribution in [3.8, 4) is 17.1 Å². The molecule has 0 radical (unpaired) electrons. The van der Waals surface area contributed by atoms with Gasteiger partial charge in [0.15, 0.2) is 6.61 Å². The van der Waals surface area contributed by atoms with Crippen LogP contribution in [0.5, 0.6) is 5.75 Å². The molecule has 1 atom stereocenters. The summed E-state index contributed by atoms with van der Waals surface area (Å²) in [6.45, 7) is 1.87. The zero-order valence-electron chi connectivity index (χ0n) is 17.5. The standard InChI is InChI=1S/C25H22ClN3O3/c1-17-7-9-19(10-8-17)24-28-25(32-29-24)22(15-18-5-3-2-4-6-18)27-23(30)16-31-21-13-11-20(26)12-14-21/h2-14,22H,15-16H2,1H3,(H,27,30)/t22-/m0/s1. The average molecular weight is 448 g/mol. The molecule has 162 valence electrons. The molecule has 0 bridgehead atoms. The van der Waals surface area contributed by atoms with E-state index in [9.17, 15) is 4.79 Å². The number of benzene rings is 3. The fourth-order valence-corrected chi connectivity index (χ4v) is 3.29. The van der Waals surface area contributed by atoms with Crippen LogP contribution in [0.1, 0.15) is 23.1 Å². The van der Waals surface area contributed by atoms with Gasteiger partial charge in [0.05, 0.1) is 0 Å². The maximum atomic E-state index is 12.6. The zero-order chi connectivity index (χ0) is 22.3. The molecule has 1 aromatic heterocycles. The van der Waals surface area contributed by atoms with Crippen molar-refractivity contribution in [1.29, 1.82) is 0 Å². The highest BCUT2D eigenvalue weighted by Gasteiger charge is 2.22. The average Bonchev–Trinajstić information content (AvgIpc) is 3.30. The summed E-state index contributed by atoms with van der Waals surface area (Å²) in [6.07, 6.45) is 0.503. The van der Waals surface area contributed by atoms with Crippen LogP contribution in [-0.4, -0.2) is 22.7 Å². The Bertz CT molecular complexity index is 1160. The Labute approximate surface area is 191 Å². The van der Waals surface area contributed by atoms with E-state index in [0.717, 1.165) is 16.7 Å². The topological polar surface area (TPSA) is 77.2 Å². The van der Waals surface area contributed by atoms with E-state index in [2.05, 4.69) is 15.5 Å². The number of hydrogen-bond acceptors (Lipinski definition) is 5. The Morgan fingerprint density at radius 2 is 1.75 bits per heavy atom. The number of rotatable bonds is 8. The van der Waals surface area contributed by atoms with Crippen LogP contribution >= 0.6 is 11.6 Å². The number of aryl methyl sites for hydroxylation is 1. The van der Waals surface area contributed by atoms with E-state index in [1.54, 1.807) is 24.3 Å². The van der Waals surface area contributed by atoms with Gasteiger partial charge in [-0.05, 0) is 36.8 Å². The summed E-state index contributed by atoms with van der Waals surface area (Å²) in [5, 5.41) is 7.66. The molecule has 0 aliphatic rings. The number of carbonyl (C=O) groups is 1. The number of carbonyl (C=O) groups excluding carboxylic acids is 1. The third kappa shape index (κ3) is 5.74. The van der Waals surface area contributed by atoms with Gasteiger partial charge in [0.1, 0.15) is 11.8 Å². The van der Waals surface area contributed by atoms with Gasteiger partial charge >= 0.3 is 0 Å². The molecule has 0 fully saturated rings. The van der Waals surface area contributed by atoms with Gasteiger partial charge in [-0.3, -0.25) is 4.79 Å². The molecule has 4 aromatic rings. The Morgan fingerprint density at radius 1 is 1.03 bits per heavy atom. The molecule has 6 nitrogen and oxygen atoms in total. The van der Waals surface area contributed by atoms with Gasteiger partial charge < -0.3 is 14.6 Å². The third-order valence-corrected chi connectivity index (χ3v) is 5.10. The molecule has 7 heteroatoms. The van der Waals surface area contributed by atoms with Gasteiger partial charge in [-0.25, -0.2) is 0 Å². The molecule has 4 rings (SSSR count). The first-order valence-electron chi connectivity index (χ1n) is 10.2. The number of halogens is 1.